The zero-order chi connectivity index (χ0) is 26.8. The van der Waals surface area contributed by atoms with Crippen LogP contribution in [-0.4, -0.2) is 56.3 Å². The van der Waals surface area contributed by atoms with E-state index in [2.05, 4.69) is 0 Å². The molecule has 0 spiro atoms. The number of methoxy groups -OCH3 is 3. The minimum Gasteiger partial charge on any atom is -0.469 e. The van der Waals surface area contributed by atoms with Gasteiger partial charge in [-0.2, -0.15) is 0 Å². The van der Waals surface area contributed by atoms with Crippen LogP contribution >= 0.6 is 0 Å². The summed E-state index contributed by atoms with van der Waals surface area (Å²) in [6.45, 7) is 1.79. The monoisotopic (exact) mass is 509 g/mol. The van der Waals surface area contributed by atoms with Crippen LogP contribution in [0.15, 0.2) is 60.7 Å². The summed E-state index contributed by atoms with van der Waals surface area (Å²) in [5.41, 5.74) is -1.20. The Bertz CT molecular complexity index is 1150. The Labute approximate surface area is 215 Å². The summed E-state index contributed by atoms with van der Waals surface area (Å²) in [7, 11) is 3.65. The van der Waals surface area contributed by atoms with Gasteiger partial charge in [-0.15, -0.1) is 0 Å². The minimum absolute atomic E-state index is 0.0588. The van der Waals surface area contributed by atoms with Crippen molar-refractivity contribution in [3.63, 3.8) is 0 Å². The predicted octanol–water partition coefficient (Wildman–Crippen LogP) is 3.99. The molecule has 2 aromatic rings. The molecule has 4 atom stereocenters. The topological polar surface area (TPSA) is 108 Å². The fourth-order valence-corrected chi connectivity index (χ4v) is 5.95. The molecule has 1 saturated heterocycles. The van der Waals surface area contributed by atoms with Crippen LogP contribution in [0, 0.1) is 10.8 Å². The number of carbonyl (C=O) groups is 4. The van der Waals surface area contributed by atoms with E-state index in [0.717, 1.165) is 11.1 Å². The van der Waals surface area contributed by atoms with Crippen LogP contribution in [0.2, 0.25) is 0 Å². The first-order valence-corrected chi connectivity index (χ1v) is 12.0. The average Bonchev–Trinajstić information content (AvgIpc) is 3.42. The van der Waals surface area contributed by atoms with Gasteiger partial charge in [-0.3, -0.25) is 19.3 Å². The standard InChI is InChI=1S/C28H31NO8/c1-27(16-21(30)34-2)15-20(28(17-27,24(31)35-3)25(32)36-4)29-22(18-11-7-5-8-12-18)23(37-26(29)33)19-13-9-6-10-14-19/h5-14,20,22-23H,15-17H2,1-4H3/t20-,22+,23-,27?/m0/s1. The number of rotatable bonds is 7. The number of carbonyl (C=O) groups excluding carboxylic acids is 4. The molecular weight excluding hydrogens is 478 g/mol. The molecule has 1 aliphatic heterocycles. The summed E-state index contributed by atoms with van der Waals surface area (Å²) in [5, 5.41) is 0. The maximum Gasteiger partial charge on any atom is 0.411 e. The Morgan fingerprint density at radius 3 is 1.95 bits per heavy atom. The number of cyclic esters (lactones) is 1. The van der Waals surface area contributed by atoms with E-state index in [9.17, 15) is 19.2 Å². The lowest BCUT2D eigenvalue weighted by Crippen LogP contribution is -2.55. The van der Waals surface area contributed by atoms with E-state index in [0.29, 0.717) is 0 Å². The van der Waals surface area contributed by atoms with Crippen molar-refractivity contribution in [1.29, 1.82) is 0 Å². The van der Waals surface area contributed by atoms with Gasteiger partial charge < -0.3 is 18.9 Å². The van der Waals surface area contributed by atoms with E-state index in [4.69, 9.17) is 18.9 Å². The molecule has 37 heavy (non-hydrogen) atoms. The van der Waals surface area contributed by atoms with Crippen molar-refractivity contribution in [2.24, 2.45) is 10.8 Å². The van der Waals surface area contributed by atoms with Crippen molar-refractivity contribution in [2.45, 2.75) is 44.4 Å². The third-order valence-corrected chi connectivity index (χ3v) is 7.49. The first-order chi connectivity index (χ1) is 17.7. The van der Waals surface area contributed by atoms with Crippen molar-refractivity contribution in [3.05, 3.63) is 71.8 Å². The molecule has 9 heteroatoms. The molecule has 1 amide bonds. The molecule has 196 valence electrons. The molecule has 0 bridgehead atoms. The third-order valence-electron chi connectivity index (χ3n) is 7.49. The van der Waals surface area contributed by atoms with Crippen LogP contribution in [0.1, 0.15) is 49.5 Å². The average molecular weight is 510 g/mol. The van der Waals surface area contributed by atoms with Gasteiger partial charge in [0.25, 0.3) is 0 Å². The highest BCUT2D eigenvalue weighted by Crippen LogP contribution is 2.58. The predicted molar refractivity (Wildman–Crippen MR) is 131 cm³/mol. The summed E-state index contributed by atoms with van der Waals surface area (Å²) in [6.07, 6.45) is -1.35. The zero-order valence-electron chi connectivity index (χ0n) is 21.3. The molecule has 4 rings (SSSR count). The molecule has 0 N–H and O–H groups in total. The number of esters is 3. The smallest absolute Gasteiger partial charge is 0.411 e. The Hall–Kier alpha value is -3.88. The normalized spacial score (nSPS) is 26.3. The van der Waals surface area contributed by atoms with Gasteiger partial charge in [0, 0.05) is 0 Å². The van der Waals surface area contributed by atoms with Gasteiger partial charge >= 0.3 is 24.0 Å². The maximum atomic E-state index is 13.6. The quantitative estimate of drug-likeness (QED) is 0.313. The van der Waals surface area contributed by atoms with Gasteiger partial charge in [0.05, 0.1) is 33.8 Å². The van der Waals surface area contributed by atoms with Gasteiger partial charge in [-0.25, -0.2) is 4.79 Å². The summed E-state index contributed by atoms with van der Waals surface area (Å²) in [5.74, 6) is -2.15. The third kappa shape index (κ3) is 4.54. The number of ether oxygens (including phenoxy) is 4. The van der Waals surface area contributed by atoms with Crippen LogP contribution in [-0.2, 0) is 33.3 Å². The number of amides is 1. The van der Waals surface area contributed by atoms with Crippen LogP contribution in [0.4, 0.5) is 4.79 Å². The lowest BCUT2D eigenvalue weighted by atomic mass is 9.77. The van der Waals surface area contributed by atoms with E-state index in [1.807, 2.05) is 60.7 Å². The Kier molecular flexibility index (Phi) is 7.25. The molecule has 2 aliphatic rings. The first kappa shape index (κ1) is 26.2. The first-order valence-electron chi connectivity index (χ1n) is 12.0. The molecular formula is C28H31NO8. The Morgan fingerprint density at radius 2 is 1.43 bits per heavy atom. The number of benzene rings is 2. The van der Waals surface area contributed by atoms with E-state index in [1.54, 1.807) is 6.92 Å². The largest absolute Gasteiger partial charge is 0.469 e. The second-order valence-electron chi connectivity index (χ2n) is 9.89. The van der Waals surface area contributed by atoms with E-state index in [-0.39, 0.29) is 19.3 Å². The van der Waals surface area contributed by atoms with Crippen molar-refractivity contribution in [3.8, 4) is 0 Å². The van der Waals surface area contributed by atoms with Gasteiger partial charge in [0.2, 0.25) is 0 Å². The van der Waals surface area contributed by atoms with Gasteiger partial charge in [0.1, 0.15) is 6.04 Å². The molecule has 0 radical (unpaired) electrons. The number of hydrogen-bond donors (Lipinski definition) is 0. The number of nitrogens with zero attached hydrogens (tertiary/aromatic N) is 1. The van der Waals surface area contributed by atoms with E-state index in [1.165, 1.54) is 26.2 Å². The van der Waals surface area contributed by atoms with Crippen molar-refractivity contribution in [1.82, 2.24) is 4.90 Å². The summed E-state index contributed by atoms with van der Waals surface area (Å²) >= 11 is 0. The highest BCUT2D eigenvalue weighted by molar-refractivity contribution is 6.02. The SMILES string of the molecule is COC(=O)CC1(C)C[C@H](N2C(=O)O[C@@H](c3ccccc3)[C@H]2c2ccccc2)C(C(=O)OC)(C(=O)OC)C1. The van der Waals surface area contributed by atoms with Crippen LogP contribution in [0.5, 0.6) is 0 Å². The number of hydrogen-bond acceptors (Lipinski definition) is 8. The van der Waals surface area contributed by atoms with E-state index < -0.39 is 53.0 Å². The maximum absolute atomic E-state index is 13.6. The molecule has 1 heterocycles. The zero-order valence-corrected chi connectivity index (χ0v) is 21.3. The molecule has 1 saturated carbocycles. The Balaban J connectivity index is 1.90. The molecule has 0 aromatic heterocycles. The van der Waals surface area contributed by atoms with Gasteiger partial charge in [-0.1, -0.05) is 67.6 Å². The summed E-state index contributed by atoms with van der Waals surface area (Å²) in [6, 6.07) is 16.9. The lowest BCUT2D eigenvalue weighted by Gasteiger charge is -2.38. The lowest BCUT2D eigenvalue weighted by molar-refractivity contribution is -0.173. The molecule has 1 unspecified atom stereocenters. The van der Waals surface area contributed by atoms with Crippen LogP contribution in [0.25, 0.3) is 0 Å². The Morgan fingerprint density at radius 1 is 0.892 bits per heavy atom. The van der Waals surface area contributed by atoms with Crippen molar-refractivity contribution in [2.75, 3.05) is 21.3 Å². The second-order valence-corrected chi connectivity index (χ2v) is 9.89. The fourth-order valence-electron chi connectivity index (χ4n) is 5.95. The van der Waals surface area contributed by atoms with Crippen molar-refractivity contribution < 1.29 is 38.1 Å². The van der Waals surface area contributed by atoms with E-state index >= 15 is 0 Å². The highest BCUT2D eigenvalue weighted by atomic mass is 16.6. The minimum atomic E-state index is -1.87. The fraction of sp³-hybridized carbons (Fsp3) is 0.429. The summed E-state index contributed by atoms with van der Waals surface area (Å²) in [4.78, 5) is 54.3. The molecule has 2 aromatic carbocycles. The van der Waals surface area contributed by atoms with Gasteiger partial charge in [-0.05, 0) is 29.4 Å². The molecule has 1 aliphatic carbocycles. The van der Waals surface area contributed by atoms with Crippen molar-refractivity contribution >= 4 is 24.0 Å². The highest BCUT2D eigenvalue weighted by Gasteiger charge is 2.68. The second kappa shape index (κ2) is 10.2. The summed E-state index contributed by atoms with van der Waals surface area (Å²) < 4.78 is 21.1. The van der Waals surface area contributed by atoms with Crippen LogP contribution < -0.4 is 0 Å². The molecule has 2 fully saturated rings. The van der Waals surface area contributed by atoms with Crippen LogP contribution in [0.3, 0.4) is 0 Å². The molecule has 9 nitrogen and oxygen atoms in total. The van der Waals surface area contributed by atoms with Gasteiger partial charge in [0.15, 0.2) is 11.5 Å².